The van der Waals surface area contributed by atoms with Gasteiger partial charge < -0.3 is 4.74 Å². The fourth-order valence-corrected chi connectivity index (χ4v) is 2.23. The number of hydrogen-bond donors (Lipinski definition) is 0. The van der Waals surface area contributed by atoms with Crippen molar-refractivity contribution < 1.29 is 9.53 Å². The number of ketones is 1. The molecule has 3 heteroatoms. The maximum Gasteiger partial charge on any atom is 0.180 e. The lowest BCUT2D eigenvalue weighted by Gasteiger charge is -2.11. The number of carbonyl (C=O) groups excluding carboxylic acids is 1. The van der Waals surface area contributed by atoms with Crippen LogP contribution in [0.5, 0.6) is 5.75 Å². The molecule has 18 heavy (non-hydrogen) atoms. The van der Waals surface area contributed by atoms with Crippen LogP contribution >= 0.6 is 0 Å². The Morgan fingerprint density at radius 1 is 1.50 bits per heavy atom. The zero-order chi connectivity index (χ0) is 13.1. The van der Waals surface area contributed by atoms with Crippen LogP contribution in [0, 0.1) is 23.2 Å². The van der Waals surface area contributed by atoms with E-state index in [4.69, 9.17) is 10.00 Å². The van der Waals surface area contributed by atoms with Crippen molar-refractivity contribution in [3.05, 3.63) is 29.3 Å². The van der Waals surface area contributed by atoms with Gasteiger partial charge in [-0.1, -0.05) is 13.8 Å². The van der Waals surface area contributed by atoms with Gasteiger partial charge in [0, 0.05) is 12.0 Å². The van der Waals surface area contributed by atoms with E-state index >= 15 is 0 Å². The van der Waals surface area contributed by atoms with Gasteiger partial charge in [-0.25, -0.2) is 0 Å². The van der Waals surface area contributed by atoms with Crippen molar-refractivity contribution in [2.24, 2.45) is 11.8 Å². The van der Waals surface area contributed by atoms with Crippen molar-refractivity contribution in [3.8, 4) is 11.8 Å². The van der Waals surface area contributed by atoms with Gasteiger partial charge >= 0.3 is 0 Å². The minimum absolute atomic E-state index is 0.0686. The Hall–Kier alpha value is -1.82. The van der Waals surface area contributed by atoms with E-state index in [1.165, 1.54) is 0 Å². The molecule has 0 saturated heterocycles. The second kappa shape index (κ2) is 5.22. The van der Waals surface area contributed by atoms with Crippen LogP contribution in [-0.4, -0.2) is 12.4 Å². The summed E-state index contributed by atoms with van der Waals surface area (Å²) in [5.41, 5.74) is 1.70. The predicted octanol–water partition coefficient (Wildman–Crippen LogP) is 2.99. The number of nitrogens with zero attached hydrogens (tertiary/aromatic N) is 1. The molecule has 1 unspecified atom stereocenters. The minimum Gasteiger partial charge on any atom is -0.493 e. The van der Waals surface area contributed by atoms with Crippen LogP contribution in [0.1, 0.15) is 36.2 Å². The summed E-state index contributed by atoms with van der Waals surface area (Å²) in [4.78, 5) is 12.2. The van der Waals surface area contributed by atoms with Crippen LogP contribution in [0.3, 0.4) is 0 Å². The van der Waals surface area contributed by atoms with Crippen molar-refractivity contribution in [2.75, 3.05) is 6.61 Å². The molecule has 3 nitrogen and oxygen atoms in total. The SMILES string of the molecule is CC(C)CC(C#N)C(=O)c1ccc2c(c1)CCO2. The lowest BCUT2D eigenvalue weighted by molar-refractivity contribution is 0.0937. The molecule has 2 rings (SSSR count). The van der Waals surface area contributed by atoms with Crippen LogP contribution in [-0.2, 0) is 6.42 Å². The molecule has 1 aliphatic rings. The molecule has 0 amide bonds. The third kappa shape index (κ3) is 2.53. The highest BCUT2D eigenvalue weighted by Crippen LogP contribution is 2.27. The van der Waals surface area contributed by atoms with Gasteiger partial charge in [0.2, 0.25) is 0 Å². The fourth-order valence-electron chi connectivity index (χ4n) is 2.23. The molecule has 1 atom stereocenters. The van der Waals surface area contributed by atoms with Gasteiger partial charge in [-0.05, 0) is 36.1 Å². The van der Waals surface area contributed by atoms with E-state index in [0.717, 1.165) is 17.7 Å². The summed E-state index contributed by atoms with van der Waals surface area (Å²) < 4.78 is 5.41. The molecule has 0 N–H and O–H groups in total. The van der Waals surface area contributed by atoms with Gasteiger partial charge in [0.05, 0.1) is 12.7 Å². The Bertz CT molecular complexity index is 500. The Balaban J connectivity index is 2.20. The van der Waals surface area contributed by atoms with Gasteiger partial charge in [0.1, 0.15) is 11.7 Å². The summed E-state index contributed by atoms with van der Waals surface area (Å²) >= 11 is 0. The zero-order valence-electron chi connectivity index (χ0n) is 10.8. The number of benzene rings is 1. The lowest BCUT2D eigenvalue weighted by Crippen LogP contribution is -2.15. The van der Waals surface area contributed by atoms with Crippen LogP contribution in [0.15, 0.2) is 18.2 Å². The number of ether oxygens (including phenoxy) is 1. The first-order valence-electron chi connectivity index (χ1n) is 6.31. The molecule has 0 saturated carbocycles. The highest BCUT2D eigenvalue weighted by Gasteiger charge is 2.22. The number of nitriles is 1. The van der Waals surface area contributed by atoms with Crippen molar-refractivity contribution in [2.45, 2.75) is 26.7 Å². The molecule has 0 aromatic heterocycles. The highest BCUT2D eigenvalue weighted by atomic mass is 16.5. The summed E-state index contributed by atoms with van der Waals surface area (Å²) in [6.07, 6.45) is 1.46. The maximum absolute atomic E-state index is 12.2. The topological polar surface area (TPSA) is 50.1 Å². The molecule has 0 bridgehead atoms. The van der Waals surface area contributed by atoms with Crippen LogP contribution < -0.4 is 4.74 Å². The zero-order valence-corrected chi connectivity index (χ0v) is 10.8. The molecule has 1 aromatic carbocycles. The van der Waals surface area contributed by atoms with Gasteiger partial charge in [-0.15, -0.1) is 0 Å². The molecular formula is C15H17NO2. The van der Waals surface area contributed by atoms with Gasteiger partial charge in [-0.2, -0.15) is 5.26 Å². The van der Waals surface area contributed by atoms with Crippen molar-refractivity contribution >= 4 is 5.78 Å². The molecular weight excluding hydrogens is 226 g/mol. The molecule has 0 radical (unpaired) electrons. The second-order valence-electron chi connectivity index (χ2n) is 5.10. The van der Waals surface area contributed by atoms with Crippen LogP contribution in [0.2, 0.25) is 0 Å². The summed E-state index contributed by atoms with van der Waals surface area (Å²) in [6, 6.07) is 7.58. The summed E-state index contributed by atoms with van der Waals surface area (Å²) in [6.45, 7) is 4.73. The Kier molecular flexibility index (Phi) is 3.66. The number of carbonyl (C=O) groups is 1. The molecule has 1 aromatic rings. The first-order chi connectivity index (χ1) is 8.61. The number of Topliss-reactive ketones (excluding diaryl/α,β-unsaturated/α-hetero) is 1. The fraction of sp³-hybridized carbons (Fsp3) is 0.467. The number of hydrogen-bond acceptors (Lipinski definition) is 3. The van der Waals surface area contributed by atoms with Gasteiger partial charge in [-0.3, -0.25) is 4.79 Å². The molecule has 94 valence electrons. The quantitative estimate of drug-likeness (QED) is 0.764. The maximum atomic E-state index is 12.2. The van der Waals surface area contributed by atoms with Gasteiger partial charge in [0.15, 0.2) is 5.78 Å². The molecule has 1 aliphatic heterocycles. The minimum atomic E-state index is -0.537. The average Bonchev–Trinajstić information content (AvgIpc) is 2.81. The third-order valence-electron chi connectivity index (χ3n) is 3.15. The standard InChI is InChI=1S/C15H17NO2/c1-10(2)7-13(9-16)15(17)12-3-4-14-11(8-12)5-6-18-14/h3-4,8,10,13H,5-7H2,1-2H3. The van der Waals surface area contributed by atoms with Crippen molar-refractivity contribution in [1.29, 1.82) is 5.26 Å². The highest BCUT2D eigenvalue weighted by molar-refractivity contribution is 5.99. The Labute approximate surface area is 107 Å². The van der Waals surface area contributed by atoms with Crippen molar-refractivity contribution in [3.63, 3.8) is 0 Å². The van der Waals surface area contributed by atoms with Crippen LogP contribution in [0.25, 0.3) is 0 Å². The first-order valence-corrected chi connectivity index (χ1v) is 6.31. The summed E-state index contributed by atoms with van der Waals surface area (Å²) in [7, 11) is 0. The number of rotatable bonds is 4. The summed E-state index contributed by atoms with van der Waals surface area (Å²) in [5, 5.41) is 9.10. The number of fused-ring (bicyclic) bond motifs is 1. The molecule has 0 aliphatic carbocycles. The molecule has 1 heterocycles. The Morgan fingerprint density at radius 3 is 2.94 bits per heavy atom. The molecule has 0 fully saturated rings. The van der Waals surface area contributed by atoms with E-state index in [9.17, 15) is 4.79 Å². The lowest BCUT2D eigenvalue weighted by atomic mass is 9.90. The molecule has 0 spiro atoms. The largest absolute Gasteiger partial charge is 0.493 e. The van der Waals surface area contributed by atoms with Crippen LogP contribution in [0.4, 0.5) is 0 Å². The second-order valence-corrected chi connectivity index (χ2v) is 5.10. The summed E-state index contributed by atoms with van der Waals surface area (Å²) in [5.74, 6) is 0.603. The third-order valence-corrected chi connectivity index (χ3v) is 3.15. The van der Waals surface area contributed by atoms with E-state index in [1.807, 2.05) is 26.0 Å². The average molecular weight is 243 g/mol. The van der Waals surface area contributed by atoms with E-state index in [1.54, 1.807) is 6.07 Å². The van der Waals surface area contributed by atoms with Gasteiger partial charge in [0.25, 0.3) is 0 Å². The van der Waals surface area contributed by atoms with Crippen molar-refractivity contribution in [1.82, 2.24) is 0 Å². The van der Waals surface area contributed by atoms with E-state index in [0.29, 0.717) is 24.5 Å². The Morgan fingerprint density at radius 2 is 2.28 bits per heavy atom. The van der Waals surface area contributed by atoms with E-state index < -0.39 is 5.92 Å². The van der Waals surface area contributed by atoms with E-state index in [-0.39, 0.29) is 5.78 Å². The van der Waals surface area contributed by atoms with E-state index in [2.05, 4.69) is 6.07 Å². The predicted molar refractivity (Wildman–Crippen MR) is 68.5 cm³/mol. The smallest absolute Gasteiger partial charge is 0.180 e. The monoisotopic (exact) mass is 243 g/mol. The normalized spacial score (nSPS) is 14.8. The first kappa shape index (κ1) is 12.6.